The molecule has 1 aliphatic rings. The smallest absolute Gasteiger partial charge is 0.0968 e. The first-order valence-corrected chi connectivity index (χ1v) is 7.37. The molecule has 2 unspecified atom stereocenters. The summed E-state index contributed by atoms with van der Waals surface area (Å²) in [5.74, 6) is 0. The first-order valence-electron chi connectivity index (χ1n) is 6.99. The third kappa shape index (κ3) is 4.46. The van der Waals surface area contributed by atoms with Crippen molar-refractivity contribution in [1.29, 1.82) is 0 Å². The fraction of sp³-hybridized carbons (Fsp3) is 0.600. The lowest BCUT2D eigenvalue weighted by molar-refractivity contribution is -0.0163. The summed E-state index contributed by atoms with van der Waals surface area (Å²) in [5, 5.41) is 4.18. The van der Waals surface area contributed by atoms with Crippen LogP contribution in [0.15, 0.2) is 24.3 Å². The van der Waals surface area contributed by atoms with Crippen molar-refractivity contribution in [2.75, 3.05) is 26.3 Å². The van der Waals surface area contributed by atoms with Crippen molar-refractivity contribution in [2.45, 2.75) is 32.0 Å². The second-order valence-corrected chi connectivity index (χ2v) is 5.24. The molecule has 19 heavy (non-hydrogen) atoms. The van der Waals surface area contributed by atoms with Crippen LogP contribution in [-0.4, -0.2) is 32.4 Å². The molecule has 3 nitrogen and oxygen atoms in total. The molecular weight excluding hydrogens is 262 g/mol. The zero-order valence-electron chi connectivity index (χ0n) is 11.4. The van der Waals surface area contributed by atoms with Crippen molar-refractivity contribution >= 4 is 11.6 Å². The Balaban J connectivity index is 2.02. The van der Waals surface area contributed by atoms with Gasteiger partial charge in [0.15, 0.2) is 0 Å². The minimum Gasteiger partial charge on any atom is -0.379 e. The Morgan fingerprint density at radius 3 is 3.00 bits per heavy atom. The van der Waals surface area contributed by atoms with Gasteiger partial charge in [0.1, 0.15) is 0 Å². The molecular formula is C15H22ClNO2. The maximum atomic E-state index is 6.28. The molecule has 1 saturated heterocycles. The predicted molar refractivity (Wildman–Crippen MR) is 77.7 cm³/mol. The number of benzene rings is 1. The maximum Gasteiger partial charge on any atom is 0.0968 e. The van der Waals surface area contributed by atoms with Crippen LogP contribution < -0.4 is 5.32 Å². The van der Waals surface area contributed by atoms with E-state index < -0.39 is 0 Å². The van der Waals surface area contributed by atoms with E-state index in [1.807, 2.05) is 24.3 Å². The summed E-state index contributed by atoms with van der Waals surface area (Å²) >= 11 is 6.28. The van der Waals surface area contributed by atoms with E-state index in [9.17, 15) is 0 Å². The minimum absolute atomic E-state index is 0.00745. The van der Waals surface area contributed by atoms with Crippen LogP contribution in [0.1, 0.15) is 31.4 Å². The lowest BCUT2D eigenvalue weighted by Gasteiger charge is -2.23. The molecule has 1 aromatic carbocycles. The van der Waals surface area contributed by atoms with Crippen molar-refractivity contribution in [3.05, 3.63) is 34.9 Å². The second-order valence-electron chi connectivity index (χ2n) is 4.84. The number of nitrogens with one attached hydrogen (secondary N) is 1. The Hall–Kier alpha value is -0.610. The average Bonchev–Trinajstić information content (AvgIpc) is 2.91. The Morgan fingerprint density at radius 1 is 1.47 bits per heavy atom. The van der Waals surface area contributed by atoms with Gasteiger partial charge in [-0.05, 0) is 25.5 Å². The van der Waals surface area contributed by atoms with Crippen LogP contribution >= 0.6 is 11.6 Å². The Labute approximate surface area is 120 Å². The fourth-order valence-corrected chi connectivity index (χ4v) is 2.49. The summed E-state index contributed by atoms with van der Waals surface area (Å²) in [6.45, 7) is 5.42. The van der Waals surface area contributed by atoms with Gasteiger partial charge in [0.2, 0.25) is 0 Å². The van der Waals surface area contributed by atoms with Gasteiger partial charge < -0.3 is 14.8 Å². The highest BCUT2D eigenvalue weighted by atomic mass is 35.5. The van der Waals surface area contributed by atoms with Crippen molar-refractivity contribution in [1.82, 2.24) is 5.32 Å². The van der Waals surface area contributed by atoms with Crippen LogP contribution in [0.4, 0.5) is 0 Å². The molecule has 1 aliphatic heterocycles. The molecule has 0 radical (unpaired) electrons. The topological polar surface area (TPSA) is 30.5 Å². The SMILES string of the molecule is CCCNCC(OC1CCOC1)c1ccccc1Cl. The lowest BCUT2D eigenvalue weighted by Crippen LogP contribution is -2.27. The van der Waals surface area contributed by atoms with Crippen LogP contribution in [0.3, 0.4) is 0 Å². The first-order chi connectivity index (χ1) is 9.31. The number of hydrogen-bond acceptors (Lipinski definition) is 3. The zero-order chi connectivity index (χ0) is 13.5. The molecule has 0 aromatic heterocycles. The molecule has 1 aromatic rings. The van der Waals surface area contributed by atoms with E-state index in [1.54, 1.807) is 0 Å². The minimum atomic E-state index is -0.00745. The monoisotopic (exact) mass is 283 g/mol. The summed E-state index contributed by atoms with van der Waals surface area (Å²) < 4.78 is 11.5. The molecule has 2 rings (SSSR count). The second kappa shape index (κ2) is 7.85. The fourth-order valence-electron chi connectivity index (χ4n) is 2.23. The Kier molecular flexibility index (Phi) is 6.11. The van der Waals surface area contributed by atoms with Crippen molar-refractivity contribution in [2.24, 2.45) is 0 Å². The number of hydrogen-bond donors (Lipinski definition) is 1. The molecule has 1 heterocycles. The van der Waals surface area contributed by atoms with E-state index in [0.29, 0.717) is 6.61 Å². The number of halogens is 1. The van der Waals surface area contributed by atoms with Crippen LogP contribution in [0.25, 0.3) is 0 Å². The van der Waals surface area contributed by atoms with E-state index in [1.165, 1.54) is 0 Å². The summed E-state index contributed by atoms with van der Waals surface area (Å²) in [5.41, 5.74) is 1.06. The number of ether oxygens (including phenoxy) is 2. The summed E-state index contributed by atoms with van der Waals surface area (Å²) in [6, 6.07) is 7.90. The van der Waals surface area contributed by atoms with Crippen molar-refractivity contribution < 1.29 is 9.47 Å². The van der Waals surface area contributed by atoms with Gasteiger partial charge >= 0.3 is 0 Å². The maximum absolute atomic E-state index is 6.28. The summed E-state index contributed by atoms with van der Waals surface area (Å²) in [7, 11) is 0. The quantitative estimate of drug-likeness (QED) is 0.780. The zero-order valence-corrected chi connectivity index (χ0v) is 12.2. The largest absolute Gasteiger partial charge is 0.379 e. The molecule has 1 N–H and O–H groups in total. The third-order valence-electron chi connectivity index (χ3n) is 3.25. The van der Waals surface area contributed by atoms with Crippen LogP contribution in [0, 0.1) is 0 Å². The standard InChI is InChI=1S/C15H22ClNO2/c1-2-8-17-10-15(19-12-7-9-18-11-12)13-5-3-4-6-14(13)16/h3-6,12,15,17H,2,7-11H2,1H3. The molecule has 0 amide bonds. The van der Waals surface area contributed by atoms with Gasteiger partial charge in [0.05, 0.1) is 18.8 Å². The highest BCUT2D eigenvalue weighted by Crippen LogP contribution is 2.27. The average molecular weight is 284 g/mol. The molecule has 0 saturated carbocycles. The van der Waals surface area contributed by atoms with Gasteiger partial charge in [-0.2, -0.15) is 0 Å². The molecule has 0 bridgehead atoms. The van der Waals surface area contributed by atoms with Gasteiger partial charge in [-0.25, -0.2) is 0 Å². The Morgan fingerprint density at radius 2 is 2.32 bits per heavy atom. The first kappa shape index (κ1) is 14.8. The van der Waals surface area contributed by atoms with Gasteiger partial charge in [0, 0.05) is 23.7 Å². The molecule has 1 fully saturated rings. The predicted octanol–water partition coefficient (Wildman–Crippen LogP) is 3.19. The van der Waals surface area contributed by atoms with Crippen LogP contribution in [-0.2, 0) is 9.47 Å². The van der Waals surface area contributed by atoms with E-state index in [0.717, 1.165) is 43.1 Å². The van der Waals surface area contributed by atoms with Crippen molar-refractivity contribution in [3.8, 4) is 0 Å². The molecule has 4 heteroatoms. The summed E-state index contributed by atoms with van der Waals surface area (Å²) in [4.78, 5) is 0. The third-order valence-corrected chi connectivity index (χ3v) is 3.60. The molecule has 2 atom stereocenters. The molecule has 0 aliphatic carbocycles. The highest BCUT2D eigenvalue weighted by molar-refractivity contribution is 6.31. The van der Waals surface area contributed by atoms with E-state index in [2.05, 4.69) is 12.2 Å². The molecule has 106 valence electrons. The van der Waals surface area contributed by atoms with Gasteiger partial charge in [-0.3, -0.25) is 0 Å². The highest BCUT2D eigenvalue weighted by Gasteiger charge is 2.23. The summed E-state index contributed by atoms with van der Waals surface area (Å²) in [6.07, 6.45) is 2.26. The molecule has 0 spiro atoms. The van der Waals surface area contributed by atoms with Crippen LogP contribution in [0.5, 0.6) is 0 Å². The lowest BCUT2D eigenvalue weighted by atomic mass is 10.1. The number of rotatable bonds is 7. The van der Waals surface area contributed by atoms with Crippen molar-refractivity contribution in [3.63, 3.8) is 0 Å². The van der Waals surface area contributed by atoms with Gasteiger partial charge in [-0.15, -0.1) is 0 Å². The van der Waals surface area contributed by atoms with Gasteiger partial charge in [-0.1, -0.05) is 36.7 Å². The van der Waals surface area contributed by atoms with E-state index in [4.69, 9.17) is 21.1 Å². The van der Waals surface area contributed by atoms with E-state index in [-0.39, 0.29) is 12.2 Å². The van der Waals surface area contributed by atoms with E-state index >= 15 is 0 Å². The normalized spacial score (nSPS) is 20.6. The van der Waals surface area contributed by atoms with Gasteiger partial charge in [0.25, 0.3) is 0 Å². The Bertz CT molecular complexity index is 380. The van der Waals surface area contributed by atoms with Crippen LogP contribution in [0.2, 0.25) is 5.02 Å².